The highest BCUT2D eigenvalue weighted by Crippen LogP contribution is 2.19. The minimum absolute atomic E-state index is 0.134. The fourth-order valence-electron chi connectivity index (χ4n) is 2.97. The van der Waals surface area contributed by atoms with Gasteiger partial charge in [0.25, 0.3) is 0 Å². The van der Waals surface area contributed by atoms with Gasteiger partial charge in [0.15, 0.2) is 0 Å². The van der Waals surface area contributed by atoms with Crippen LogP contribution in [-0.4, -0.2) is 28.0 Å². The van der Waals surface area contributed by atoms with Gasteiger partial charge in [-0.05, 0) is 55.9 Å². The Bertz CT molecular complexity index is 692. The number of thioether (sulfide) groups is 1. The van der Waals surface area contributed by atoms with Crippen LogP contribution in [0.1, 0.15) is 37.7 Å². The molecule has 132 valence electrons. The summed E-state index contributed by atoms with van der Waals surface area (Å²) in [5.74, 6) is 1.49. The van der Waals surface area contributed by atoms with Gasteiger partial charge in [-0.25, -0.2) is 4.68 Å². The van der Waals surface area contributed by atoms with Gasteiger partial charge in [-0.2, -0.15) is 5.10 Å². The van der Waals surface area contributed by atoms with Gasteiger partial charge in [0, 0.05) is 24.7 Å². The van der Waals surface area contributed by atoms with Crippen molar-refractivity contribution in [3.05, 3.63) is 59.9 Å². The number of allylic oxidation sites excluding steroid dienone is 1. The van der Waals surface area contributed by atoms with E-state index in [2.05, 4.69) is 40.8 Å². The monoisotopic (exact) mass is 355 g/mol. The molecule has 1 N–H and O–H groups in total. The van der Waals surface area contributed by atoms with E-state index in [1.165, 1.54) is 36.8 Å². The lowest BCUT2D eigenvalue weighted by molar-refractivity contribution is -0.118. The van der Waals surface area contributed by atoms with E-state index in [9.17, 15) is 4.79 Å². The van der Waals surface area contributed by atoms with Crippen molar-refractivity contribution < 1.29 is 4.79 Å². The molecule has 1 aliphatic rings. The maximum atomic E-state index is 11.9. The quantitative estimate of drug-likeness (QED) is 0.725. The van der Waals surface area contributed by atoms with Crippen LogP contribution in [0.15, 0.2) is 54.4 Å². The van der Waals surface area contributed by atoms with Gasteiger partial charge in [-0.15, -0.1) is 11.8 Å². The molecule has 2 aromatic rings. The maximum Gasteiger partial charge on any atom is 0.230 e. The number of hydrogen-bond acceptors (Lipinski definition) is 3. The largest absolute Gasteiger partial charge is 0.355 e. The molecule has 1 aromatic carbocycles. The van der Waals surface area contributed by atoms with Gasteiger partial charge in [0.1, 0.15) is 0 Å². The van der Waals surface area contributed by atoms with E-state index in [-0.39, 0.29) is 5.91 Å². The smallest absolute Gasteiger partial charge is 0.230 e. The van der Waals surface area contributed by atoms with Crippen LogP contribution in [0.5, 0.6) is 0 Å². The van der Waals surface area contributed by atoms with Crippen LogP contribution in [-0.2, 0) is 10.5 Å². The molecular weight excluding hydrogens is 330 g/mol. The molecule has 1 aromatic heterocycles. The van der Waals surface area contributed by atoms with Crippen molar-refractivity contribution in [2.75, 3.05) is 12.3 Å². The second-order valence-corrected chi connectivity index (χ2v) is 7.30. The molecule has 0 atom stereocenters. The van der Waals surface area contributed by atoms with E-state index < -0.39 is 0 Å². The Morgan fingerprint density at radius 1 is 1.24 bits per heavy atom. The van der Waals surface area contributed by atoms with E-state index in [4.69, 9.17) is 0 Å². The minimum atomic E-state index is 0.134. The molecule has 0 saturated heterocycles. The zero-order valence-electron chi connectivity index (χ0n) is 14.5. The molecule has 0 fully saturated rings. The Morgan fingerprint density at radius 3 is 2.84 bits per heavy atom. The third kappa shape index (κ3) is 5.78. The summed E-state index contributed by atoms with van der Waals surface area (Å²) in [6, 6.07) is 10.2. The Kier molecular flexibility index (Phi) is 6.74. The normalized spacial score (nSPS) is 14.2. The highest BCUT2D eigenvalue weighted by Gasteiger charge is 2.06. The summed E-state index contributed by atoms with van der Waals surface area (Å²) in [6.45, 7) is 0.768. The molecule has 0 radical (unpaired) electrons. The molecule has 1 heterocycles. The van der Waals surface area contributed by atoms with Gasteiger partial charge < -0.3 is 5.32 Å². The van der Waals surface area contributed by atoms with Crippen LogP contribution in [0.25, 0.3) is 5.69 Å². The van der Waals surface area contributed by atoms with Crippen molar-refractivity contribution in [1.29, 1.82) is 0 Å². The molecule has 1 amide bonds. The van der Waals surface area contributed by atoms with Gasteiger partial charge in [-0.1, -0.05) is 23.8 Å². The molecule has 5 heteroatoms. The van der Waals surface area contributed by atoms with Crippen LogP contribution >= 0.6 is 11.8 Å². The van der Waals surface area contributed by atoms with Crippen LogP contribution in [0.4, 0.5) is 0 Å². The Labute approximate surface area is 153 Å². The number of carbonyl (C=O) groups is 1. The summed E-state index contributed by atoms with van der Waals surface area (Å²) >= 11 is 1.65. The predicted octanol–water partition coefficient (Wildman–Crippen LogP) is 4.11. The Morgan fingerprint density at radius 2 is 2.12 bits per heavy atom. The molecule has 4 nitrogen and oxygen atoms in total. The lowest BCUT2D eigenvalue weighted by Crippen LogP contribution is -2.26. The number of rotatable bonds is 8. The van der Waals surface area contributed by atoms with Gasteiger partial charge in [-0.3, -0.25) is 4.79 Å². The topological polar surface area (TPSA) is 46.9 Å². The number of hydrogen-bond donors (Lipinski definition) is 1. The summed E-state index contributed by atoms with van der Waals surface area (Å²) in [5.41, 5.74) is 3.78. The molecule has 0 spiro atoms. The summed E-state index contributed by atoms with van der Waals surface area (Å²) in [5, 5.41) is 7.25. The fraction of sp³-hybridized carbons (Fsp3) is 0.400. The standard InChI is InChI=1S/C20H25N3OS/c24-20(21-13-11-17-5-2-1-3-6-17)16-25-15-18-7-9-19(10-8-18)23-14-4-12-22-23/h4-5,7-10,12,14H,1-3,6,11,13,15-16H2,(H,21,24). The average molecular weight is 356 g/mol. The second-order valence-electron chi connectivity index (χ2n) is 6.32. The lowest BCUT2D eigenvalue weighted by atomic mass is 9.97. The van der Waals surface area contributed by atoms with E-state index >= 15 is 0 Å². The summed E-state index contributed by atoms with van der Waals surface area (Å²) in [4.78, 5) is 11.9. The van der Waals surface area contributed by atoms with Crippen LogP contribution < -0.4 is 5.32 Å². The molecular formula is C20H25N3OS. The van der Waals surface area contributed by atoms with Gasteiger partial charge >= 0.3 is 0 Å². The summed E-state index contributed by atoms with van der Waals surface area (Å²) in [7, 11) is 0. The Hall–Kier alpha value is -2.01. The Balaban J connectivity index is 1.33. The minimum Gasteiger partial charge on any atom is -0.355 e. The van der Waals surface area contributed by atoms with Crippen molar-refractivity contribution in [3.8, 4) is 5.69 Å². The van der Waals surface area contributed by atoms with Crippen molar-refractivity contribution in [2.45, 2.75) is 37.9 Å². The molecule has 0 unspecified atom stereocenters. The highest BCUT2D eigenvalue weighted by molar-refractivity contribution is 7.99. The zero-order valence-corrected chi connectivity index (χ0v) is 15.3. The predicted molar refractivity (Wildman–Crippen MR) is 104 cm³/mol. The van der Waals surface area contributed by atoms with E-state index in [1.807, 2.05) is 16.9 Å². The summed E-state index contributed by atoms with van der Waals surface area (Å²) in [6.07, 6.45) is 12.1. The molecule has 3 rings (SSSR count). The third-order valence-electron chi connectivity index (χ3n) is 4.36. The number of aromatic nitrogens is 2. The van der Waals surface area contributed by atoms with E-state index in [0.29, 0.717) is 5.75 Å². The van der Waals surface area contributed by atoms with Crippen LogP contribution in [0.2, 0.25) is 0 Å². The first-order valence-electron chi connectivity index (χ1n) is 8.92. The summed E-state index contributed by atoms with van der Waals surface area (Å²) < 4.78 is 1.84. The second kappa shape index (κ2) is 9.47. The average Bonchev–Trinajstić information content (AvgIpc) is 3.18. The molecule has 0 saturated carbocycles. The first-order valence-corrected chi connectivity index (χ1v) is 10.1. The van der Waals surface area contributed by atoms with Gasteiger partial charge in [0.05, 0.1) is 11.4 Å². The zero-order chi connectivity index (χ0) is 17.3. The number of nitrogens with zero attached hydrogens (tertiary/aromatic N) is 2. The highest BCUT2D eigenvalue weighted by atomic mass is 32.2. The maximum absolute atomic E-state index is 11.9. The van der Waals surface area contributed by atoms with Crippen LogP contribution in [0.3, 0.4) is 0 Å². The third-order valence-corrected chi connectivity index (χ3v) is 5.36. The fourth-order valence-corrected chi connectivity index (χ4v) is 3.79. The number of carbonyl (C=O) groups excluding carboxylic acids is 1. The van der Waals surface area contributed by atoms with Gasteiger partial charge in [0.2, 0.25) is 5.91 Å². The molecule has 25 heavy (non-hydrogen) atoms. The van der Waals surface area contributed by atoms with Crippen molar-refractivity contribution in [1.82, 2.24) is 15.1 Å². The van der Waals surface area contributed by atoms with Crippen molar-refractivity contribution >= 4 is 17.7 Å². The van der Waals surface area contributed by atoms with E-state index in [0.717, 1.165) is 24.4 Å². The van der Waals surface area contributed by atoms with E-state index in [1.54, 1.807) is 18.0 Å². The molecule has 0 aliphatic heterocycles. The lowest BCUT2D eigenvalue weighted by Gasteiger charge is -2.12. The number of benzene rings is 1. The number of amides is 1. The first-order chi connectivity index (χ1) is 12.3. The number of nitrogens with one attached hydrogen (secondary N) is 1. The van der Waals surface area contributed by atoms with Crippen LogP contribution in [0, 0.1) is 0 Å². The first kappa shape index (κ1) is 17.8. The van der Waals surface area contributed by atoms with Crippen molar-refractivity contribution in [2.24, 2.45) is 0 Å². The SMILES string of the molecule is O=C(CSCc1ccc(-n2cccn2)cc1)NCCC1=CCCCC1. The van der Waals surface area contributed by atoms with Crippen molar-refractivity contribution in [3.63, 3.8) is 0 Å². The molecule has 1 aliphatic carbocycles. The molecule has 0 bridgehead atoms.